The number of aliphatic hydroxyl groups is 1. The lowest BCUT2D eigenvalue weighted by Crippen LogP contribution is -2.29. The van der Waals surface area contributed by atoms with Crippen molar-refractivity contribution in [1.82, 2.24) is 9.97 Å². The maximum Gasteiger partial charge on any atom is 0.350 e. The number of aliphatic hydroxyl groups excluding tert-OH is 1. The Balaban J connectivity index is 1.99. The summed E-state index contributed by atoms with van der Waals surface area (Å²) >= 11 is 4.14. The van der Waals surface area contributed by atoms with Gasteiger partial charge in [0.1, 0.15) is 10.6 Å². The Morgan fingerprint density at radius 1 is 1.20 bits per heavy atom. The second kappa shape index (κ2) is 9.47. The predicted octanol–water partition coefficient (Wildman–Crippen LogP) is 3.74. The first-order valence-electron chi connectivity index (χ1n) is 10.0. The number of thiazole rings is 1. The minimum Gasteiger partial charge on any atom is -0.507 e. The SMILES string of the molecule is COC(=O)c1sc(N2C(=O)C(=O)C(=C(O)c3ccncc3)C2c2cc(Br)c(O)c(OC)c2)nc1C. The number of phenolic OH excluding ortho intramolecular Hbond substituents is 1. The van der Waals surface area contributed by atoms with Gasteiger partial charge in [-0.25, -0.2) is 9.78 Å². The zero-order valence-electron chi connectivity index (χ0n) is 18.6. The molecule has 3 aromatic rings. The maximum absolute atomic E-state index is 13.3. The molecule has 4 rings (SSSR count). The van der Waals surface area contributed by atoms with Gasteiger partial charge in [0.05, 0.1) is 36.0 Å². The summed E-state index contributed by atoms with van der Waals surface area (Å²) in [5, 5.41) is 21.5. The van der Waals surface area contributed by atoms with E-state index in [0.717, 1.165) is 16.2 Å². The number of halogens is 1. The number of pyridine rings is 1. The van der Waals surface area contributed by atoms with Gasteiger partial charge in [-0.15, -0.1) is 0 Å². The second-order valence-electron chi connectivity index (χ2n) is 7.36. The van der Waals surface area contributed by atoms with Crippen molar-refractivity contribution in [2.75, 3.05) is 19.1 Å². The van der Waals surface area contributed by atoms with E-state index in [1.54, 1.807) is 6.92 Å². The van der Waals surface area contributed by atoms with Crippen LogP contribution in [-0.4, -0.2) is 52.1 Å². The van der Waals surface area contributed by atoms with Gasteiger partial charge in [0.2, 0.25) is 0 Å². The van der Waals surface area contributed by atoms with E-state index in [4.69, 9.17) is 9.47 Å². The van der Waals surface area contributed by atoms with Crippen LogP contribution in [0, 0.1) is 6.92 Å². The largest absolute Gasteiger partial charge is 0.507 e. The van der Waals surface area contributed by atoms with E-state index in [9.17, 15) is 24.6 Å². The van der Waals surface area contributed by atoms with Gasteiger partial charge in [-0.2, -0.15) is 0 Å². The fraction of sp³-hybridized carbons (Fsp3) is 0.174. The molecule has 10 nitrogen and oxygen atoms in total. The van der Waals surface area contributed by atoms with Crippen LogP contribution < -0.4 is 9.64 Å². The van der Waals surface area contributed by atoms with Crippen LogP contribution in [0.3, 0.4) is 0 Å². The number of carbonyl (C=O) groups is 3. The van der Waals surface area contributed by atoms with Gasteiger partial charge in [0.15, 0.2) is 16.6 Å². The molecule has 1 aliphatic heterocycles. The highest BCUT2D eigenvalue weighted by atomic mass is 79.9. The number of Topliss-reactive ketones (excluding diaryl/α,β-unsaturated/α-hetero) is 1. The molecular formula is C23H18BrN3O7S. The van der Waals surface area contributed by atoms with Gasteiger partial charge in [-0.05, 0) is 52.7 Å². The third kappa shape index (κ3) is 4.15. The van der Waals surface area contributed by atoms with Crippen LogP contribution in [0.4, 0.5) is 5.13 Å². The molecule has 1 aliphatic rings. The van der Waals surface area contributed by atoms with Crippen LogP contribution in [0.25, 0.3) is 5.76 Å². The van der Waals surface area contributed by atoms with Crippen molar-refractivity contribution in [2.24, 2.45) is 0 Å². The number of anilines is 1. The van der Waals surface area contributed by atoms with Gasteiger partial charge in [0, 0.05) is 18.0 Å². The smallest absolute Gasteiger partial charge is 0.350 e. The van der Waals surface area contributed by atoms with Crippen LogP contribution in [-0.2, 0) is 14.3 Å². The molecule has 2 N–H and O–H groups in total. The van der Waals surface area contributed by atoms with E-state index < -0.39 is 29.5 Å². The van der Waals surface area contributed by atoms with E-state index in [2.05, 4.69) is 25.9 Å². The van der Waals surface area contributed by atoms with Crippen molar-refractivity contribution in [3.05, 3.63) is 68.4 Å². The van der Waals surface area contributed by atoms with Gasteiger partial charge < -0.3 is 19.7 Å². The fourth-order valence-electron chi connectivity index (χ4n) is 3.69. The number of aromatic nitrogens is 2. The molecule has 0 radical (unpaired) electrons. The Morgan fingerprint density at radius 3 is 2.51 bits per heavy atom. The number of rotatable bonds is 5. The number of benzene rings is 1. The number of nitrogens with zero attached hydrogens (tertiary/aromatic N) is 3. The maximum atomic E-state index is 13.3. The summed E-state index contributed by atoms with van der Waals surface area (Å²) in [6.45, 7) is 1.58. The first kappa shape index (κ1) is 24.4. The molecule has 0 aliphatic carbocycles. The van der Waals surface area contributed by atoms with Crippen LogP contribution >= 0.6 is 27.3 Å². The number of aromatic hydroxyl groups is 1. The third-order valence-electron chi connectivity index (χ3n) is 5.35. The molecule has 1 amide bonds. The zero-order valence-corrected chi connectivity index (χ0v) is 21.0. The van der Waals surface area contributed by atoms with Gasteiger partial charge in [0.25, 0.3) is 5.78 Å². The Kier molecular flexibility index (Phi) is 6.59. The molecular weight excluding hydrogens is 542 g/mol. The molecule has 0 spiro atoms. The lowest BCUT2D eigenvalue weighted by Gasteiger charge is -2.24. The summed E-state index contributed by atoms with van der Waals surface area (Å²) in [6, 6.07) is 4.80. The average Bonchev–Trinajstić information content (AvgIpc) is 3.37. The van der Waals surface area contributed by atoms with Crippen molar-refractivity contribution in [3.8, 4) is 11.5 Å². The zero-order chi connectivity index (χ0) is 25.4. The molecule has 1 aromatic carbocycles. The van der Waals surface area contributed by atoms with Crippen molar-refractivity contribution < 1.29 is 34.1 Å². The molecule has 0 bridgehead atoms. The molecule has 1 saturated heterocycles. The topological polar surface area (TPSA) is 139 Å². The van der Waals surface area contributed by atoms with E-state index in [1.807, 2.05) is 0 Å². The molecule has 12 heteroatoms. The third-order valence-corrected chi connectivity index (χ3v) is 7.09. The van der Waals surface area contributed by atoms with Crippen LogP contribution in [0.15, 0.2) is 46.7 Å². The number of phenols is 1. The molecule has 1 atom stereocenters. The highest BCUT2D eigenvalue weighted by molar-refractivity contribution is 9.10. The standard InChI is InChI=1S/C23H18BrN3O7S/c1-10-20(22(32)34-3)35-23(26-10)27-16(12-8-13(24)18(29)14(9-12)33-2)15(19(30)21(27)31)17(28)11-4-6-25-7-5-11/h4-9,16,28-29H,1-3H3. The second-order valence-corrected chi connectivity index (χ2v) is 9.19. The van der Waals surface area contributed by atoms with Crippen molar-refractivity contribution >= 4 is 55.8 Å². The molecule has 1 unspecified atom stereocenters. The van der Waals surface area contributed by atoms with E-state index in [-0.39, 0.29) is 37.1 Å². The Bertz CT molecular complexity index is 1390. The quantitative estimate of drug-likeness (QED) is 0.207. The highest BCUT2D eigenvalue weighted by Crippen LogP contribution is 2.47. The molecule has 35 heavy (non-hydrogen) atoms. The fourth-order valence-corrected chi connectivity index (χ4v) is 5.16. The lowest BCUT2D eigenvalue weighted by molar-refractivity contribution is -0.132. The average molecular weight is 560 g/mol. The lowest BCUT2D eigenvalue weighted by atomic mass is 9.95. The summed E-state index contributed by atoms with van der Waals surface area (Å²) < 4.78 is 10.3. The summed E-state index contributed by atoms with van der Waals surface area (Å²) in [5.74, 6) is -3.04. The molecule has 1 fully saturated rings. The minimum atomic E-state index is -1.15. The summed E-state index contributed by atoms with van der Waals surface area (Å²) in [4.78, 5) is 48.2. The van der Waals surface area contributed by atoms with Crippen molar-refractivity contribution in [2.45, 2.75) is 13.0 Å². The molecule has 2 aromatic heterocycles. The number of hydrogen-bond acceptors (Lipinski definition) is 10. The summed E-state index contributed by atoms with van der Waals surface area (Å²) in [7, 11) is 2.58. The number of ether oxygens (including phenoxy) is 2. The summed E-state index contributed by atoms with van der Waals surface area (Å²) in [6.07, 6.45) is 2.88. The van der Waals surface area contributed by atoms with E-state index >= 15 is 0 Å². The normalized spacial score (nSPS) is 17.0. The first-order chi connectivity index (χ1) is 16.7. The molecule has 0 saturated carbocycles. The Hall–Kier alpha value is -3.77. The Labute approximate surface area is 211 Å². The number of ketones is 1. The Morgan fingerprint density at radius 2 is 1.89 bits per heavy atom. The van der Waals surface area contributed by atoms with E-state index in [1.165, 1.54) is 50.9 Å². The van der Waals surface area contributed by atoms with Gasteiger partial charge in [-0.3, -0.25) is 19.5 Å². The number of methoxy groups -OCH3 is 2. The van der Waals surface area contributed by atoms with Crippen LogP contribution in [0.1, 0.15) is 32.5 Å². The number of esters is 1. The highest BCUT2D eigenvalue weighted by Gasteiger charge is 2.48. The number of carbonyl (C=O) groups excluding carboxylic acids is 3. The number of amides is 1. The summed E-state index contributed by atoms with van der Waals surface area (Å²) in [5.41, 5.74) is 0.733. The van der Waals surface area contributed by atoms with E-state index in [0.29, 0.717) is 11.3 Å². The van der Waals surface area contributed by atoms with Crippen molar-refractivity contribution in [1.29, 1.82) is 0 Å². The number of aryl methyl sites for hydroxylation is 1. The minimum absolute atomic E-state index is 0.0620. The molecule has 180 valence electrons. The predicted molar refractivity (Wildman–Crippen MR) is 130 cm³/mol. The molecule has 3 heterocycles. The van der Waals surface area contributed by atoms with Crippen molar-refractivity contribution in [3.63, 3.8) is 0 Å². The number of hydrogen-bond donors (Lipinski definition) is 2. The first-order valence-corrected chi connectivity index (χ1v) is 11.6. The van der Waals surface area contributed by atoms with Crippen LogP contribution in [0.2, 0.25) is 0 Å². The monoisotopic (exact) mass is 559 g/mol. The van der Waals surface area contributed by atoms with Gasteiger partial charge >= 0.3 is 11.9 Å². The van der Waals surface area contributed by atoms with Crippen LogP contribution in [0.5, 0.6) is 11.5 Å². The van der Waals surface area contributed by atoms with Gasteiger partial charge in [-0.1, -0.05) is 11.3 Å².